The molecule has 2 nitrogen and oxygen atoms in total. The predicted molar refractivity (Wildman–Crippen MR) is 73.5 cm³/mol. The van der Waals surface area contributed by atoms with E-state index in [1.54, 1.807) is 6.07 Å². The Morgan fingerprint density at radius 1 is 1.39 bits per heavy atom. The first-order valence-electron chi connectivity index (χ1n) is 6.24. The highest BCUT2D eigenvalue weighted by atomic mass is 35.5. The van der Waals surface area contributed by atoms with Crippen LogP contribution in [0.4, 0.5) is 4.39 Å². The summed E-state index contributed by atoms with van der Waals surface area (Å²) in [5, 5.41) is 3.87. The molecule has 4 heteroatoms. The van der Waals surface area contributed by atoms with Crippen LogP contribution in [0.15, 0.2) is 18.2 Å². The average Bonchev–Trinajstić information content (AvgIpc) is 2.29. The van der Waals surface area contributed by atoms with E-state index in [0.29, 0.717) is 11.6 Å². The van der Waals surface area contributed by atoms with E-state index in [4.69, 9.17) is 16.3 Å². The van der Waals surface area contributed by atoms with Gasteiger partial charge in [-0.1, -0.05) is 18.5 Å². The smallest absolute Gasteiger partial charge is 0.123 e. The fourth-order valence-electron chi connectivity index (χ4n) is 2.13. The molecule has 1 N–H and O–H groups in total. The molecule has 0 aliphatic carbocycles. The Kier molecular flexibility index (Phi) is 5.57. The zero-order valence-corrected chi connectivity index (χ0v) is 12.1. The van der Waals surface area contributed by atoms with Crippen molar-refractivity contribution in [3.63, 3.8) is 0 Å². The van der Waals surface area contributed by atoms with E-state index in [2.05, 4.69) is 5.32 Å². The highest BCUT2D eigenvalue weighted by Gasteiger charge is 2.32. The number of hydrogen-bond acceptors (Lipinski definition) is 2. The number of halogens is 2. The summed E-state index contributed by atoms with van der Waals surface area (Å²) in [6, 6.07) is 4.27. The van der Waals surface area contributed by atoms with Crippen molar-refractivity contribution in [1.29, 1.82) is 0 Å². The van der Waals surface area contributed by atoms with Gasteiger partial charge in [0.2, 0.25) is 0 Å². The minimum atomic E-state index is -0.456. The summed E-state index contributed by atoms with van der Waals surface area (Å²) < 4.78 is 19.1. The van der Waals surface area contributed by atoms with Gasteiger partial charge in [0, 0.05) is 11.6 Å². The van der Waals surface area contributed by atoms with Gasteiger partial charge in [-0.05, 0) is 51.1 Å². The van der Waals surface area contributed by atoms with E-state index >= 15 is 0 Å². The zero-order valence-electron chi connectivity index (χ0n) is 11.4. The van der Waals surface area contributed by atoms with Crippen molar-refractivity contribution in [2.24, 2.45) is 0 Å². The number of hydrogen-bond donors (Lipinski definition) is 1. The highest BCUT2D eigenvalue weighted by Crippen LogP contribution is 2.33. The van der Waals surface area contributed by atoms with E-state index in [1.807, 2.05) is 27.7 Å². The third kappa shape index (κ3) is 3.67. The SMILES string of the molecule is CCNC(c1cc(F)ccc1Cl)C(C)(C)OCC. The summed E-state index contributed by atoms with van der Waals surface area (Å²) >= 11 is 6.17. The van der Waals surface area contributed by atoms with Gasteiger partial charge in [0.15, 0.2) is 0 Å². The van der Waals surface area contributed by atoms with Gasteiger partial charge < -0.3 is 10.1 Å². The first kappa shape index (κ1) is 15.4. The lowest BCUT2D eigenvalue weighted by Crippen LogP contribution is -2.41. The minimum Gasteiger partial charge on any atom is -0.374 e. The molecule has 102 valence electrons. The molecule has 0 spiro atoms. The summed E-state index contributed by atoms with van der Waals surface area (Å²) in [6.07, 6.45) is 0. The zero-order chi connectivity index (χ0) is 13.8. The van der Waals surface area contributed by atoms with E-state index in [0.717, 1.165) is 12.1 Å². The van der Waals surface area contributed by atoms with Crippen LogP contribution in [0.25, 0.3) is 0 Å². The molecular weight excluding hydrogens is 253 g/mol. The van der Waals surface area contributed by atoms with Crippen LogP contribution in [0.1, 0.15) is 39.3 Å². The second-order valence-electron chi connectivity index (χ2n) is 4.69. The van der Waals surface area contributed by atoms with Crippen molar-refractivity contribution in [3.05, 3.63) is 34.6 Å². The van der Waals surface area contributed by atoms with Crippen LogP contribution in [-0.4, -0.2) is 18.8 Å². The van der Waals surface area contributed by atoms with E-state index < -0.39 is 5.60 Å². The van der Waals surface area contributed by atoms with E-state index in [-0.39, 0.29) is 11.9 Å². The molecule has 1 aromatic carbocycles. The Hall–Kier alpha value is -0.640. The molecule has 1 atom stereocenters. The number of nitrogens with one attached hydrogen (secondary N) is 1. The number of ether oxygens (including phenoxy) is 1. The Morgan fingerprint density at radius 2 is 2.06 bits per heavy atom. The lowest BCUT2D eigenvalue weighted by atomic mass is 9.91. The molecule has 0 aliphatic heterocycles. The van der Waals surface area contributed by atoms with Crippen LogP contribution in [0.5, 0.6) is 0 Å². The standard InChI is InChI=1S/C14H21ClFNO/c1-5-17-13(14(3,4)18-6-2)11-9-10(16)7-8-12(11)15/h7-9,13,17H,5-6H2,1-4H3. The summed E-state index contributed by atoms with van der Waals surface area (Å²) in [7, 11) is 0. The van der Waals surface area contributed by atoms with Crippen molar-refractivity contribution in [3.8, 4) is 0 Å². The van der Waals surface area contributed by atoms with Crippen molar-refractivity contribution in [1.82, 2.24) is 5.32 Å². The largest absolute Gasteiger partial charge is 0.374 e. The normalized spacial score (nSPS) is 13.7. The van der Waals surface area contributed by atoms with Crippen LogP contribution in [0.3, 0.4) is 0 Å². The van der Waals surface area contributed by atoms with Crippen molar-refractivity contribution in [2.75, 3.05) is 13.2 Å². The van der Waals surface area contributed by atoms with Crippen LogP contribution >= 0.6 is 11.6 Å². The minimum absolute atomic E-state index is 0.148. The van der Waals surface area contributed by atoms with E-state index in [1.165, 1.54) is 12.1 Å². The molecule has 0 saturated carbocycles. The van der Waals surface area contributed by atoms with Crippen molar-refractivity contribution < 1.29 is 9.13 Å². The summed E-state index contributed by atoms with van der Waals surface area (Å²) in [4.78, 5) is 0. The summed E-state index contributed by atoms with van der Waals surface area (Å²) in [5.74, 6) is -0.287. The van der Waals surface area contributed by atoms with Gasteiger partial charge in [0.05, 0.1) is 11.6 Å². The molecule has 0 amide bonds. The topological polar surface area (TPSA) is 21.3 Å². The molecule has 1 unspecified atom stereocenters. The lowest BCUT2D eigenvalue weighted by Gasteiger charge is -2.35. The van der Waals surface area contributed by atoms with Gasteiger partial charge in [0.1, 0.15) is 5.82 Å². The van der Waals surface area contributed by atoms with Gasteiger partial charge in [-0.3, -0.25) is 0 Å². The third-order valence-corrected chi connectivity index (χ3v) is 3.23. The van der Waals surface area contributed by atoms with Gasteiger partial charge in [-0.15, -0.1) is 0 Å². The fourth-order valence-corrected chi connectivity index (χ4v) is 2.35. The molecule has 0 aromatic heterocycles. The number of rotatable bonds is 6. The maximum absolute atomic E-state index is 13.4. The van der Waals surface area contributed by atoms with E-state index in [9.17, 15) is 4.39 Å². The average molecular weight is 274 g/mol. The Balaban J connectivity index is 3.14. The van der Waals surface area contributed by atoms with Crippen LogP contribution in [-0.2, 0) is 4.74 Å². The van der Waals surface area contributed by atoms with Gasteiger partial charge >= 0.3 is 0 Å². The van der Waals surface area contributed by atoms with Gasteiger partial charge in [0.25, 0.3) is 0 Å². The fraction of sp³-hybridized carbons (Fsp3) is 0.571. The molecule has 0 bridgehead atoms. The van der Waals surface area contributed by atoms with Crippen LogP contribution in [0, 0.1) is 5.82 Å². The van der Waals surface area contributed by atoms with Gasteiger partial charge in [-0.2, -0.15) is 0 Å². The third-order valence-electron chi connectivity index (χ3n) is 2.89. The molecule has 1 aromatic rings. The summed E-state index contributed by atoms with van der Waals surface area (Å²) in [6.45, 7) is 9.26. The van der Waals surface area contributed by atoms with Gasteiger partial charge in [-0.25, -0.2) is 4.39 Å². The van der Waals surface area contributed by atoms with Crippen LogP contribution in [0.2, 0.25) is 5.02 Å². The molecular formula is C14H21ClFNO. The molecule has 0 radical (unpaired) electrons. The molecule has 0 heterocycles. The molecule has 0 fully saturated rings. The maximum atomic E-state index is 13.4. The number of benzene rings is 1. The van der Waals surface area contributed by atoms with Crippen LogP contribution < -0.4 is 5.32 Å². The Morgan fingerprint density at radius 3 is 2.61 bits per heavy atom. The second-order valence-corrected chi connectivity index (χ2v) is 5.10. The highest BCUT2D eigenvalue weighted by molar-refractivity contribution is 6.31. The van der Waals surface area contributed by atoms with Crippen molar-refractivity contribution in [2.45, 2.75) is 39.3 Å². The predicted octanol–water partition coefficient (Wildman–Crippen LogP) is 3.94. The Labute approximate surface area is 113 Å². The molecule has 18 heavy (non-hydrogen) atoms. The molecule has 0 saturated heterocycles. The lowest BCUT2D eigenvalue weighted by molar-refractivity contribution is -0.0389. The second kappa shape index (κ2) is 6.50. The monoisotopic (exact) mass is 273 g/mol. The van der Waals surface area contributed by atoms with Crippen molar-refractivity contribution >= 4 is 11.6 Å². The first-order valence-corrected chi connectivity index (χ1v) is 6.62. The Bertz CT molecular complexity index is 395. The molecule has 1 rings (SSSR count). The molecule has 0 aliphatic rings. The first-order chi connectivity index (χ1) is 8.42. The maximum Gasteiger partial charge on any atom is 0.123 e. The summed E-state index contributed by atoms with van der Waals surface area (Å²) in [5.41, 5.74) is 0.277. The quantitative estimate of drug-likeness (QED) is 0.847. The number of likely N-dealkylation sites (N-methyl/N-ethyl adjacent to an activating group) is 1.